The minimum absolute atomic E-state index is 0.192. The first-order chi connectivity index (χ1) is 9.07. The molecule has 1 N–H and O–H groups in total. The average Bonchev–Trinajstić information content (AvgIpc) is 2.41. The van der Waals surface area contributed by atoms with Crippen LogP contribution in [0.25, 0.3) is 0 Å². The van der Waals surface area contributed by atoms with Crippen molar-refractivity contribution in [1.29, 1.82) is 0 Å². The molecule has 100 valence electrons. The first-order valence-corrected chi connectivity index (χ1v) is 6.71. The minimum atomic E-state index is -1.17. The van der Waals surface area contributed by atoms with E-state index in [1.54, 1.807) is 0 Å². The van der Waals surface area contributed by atoms with Gasteiger partial charge < -0.3 is 5.32 Å². The minimum Gasteiger partial charge on any atom is -0.301 e. The zero-order chi connectivity index (χ0) is 14.0. The number of hydrogen-bond acceptors (Lipinski definition) is 3. The Hall–Kier alpha value is -1.75. The number of thiocarbonyl (C=S) groups is 1. The van der Waals surface area contributed by atoms with E-state index in [1.807, 2.05) is 44.2 Å². The number of likely N-dealkylation sites (N-methyl/N-ethyl adjacent to an activating group) is 1. The maximum absolute atomic E-state index is 12.7. The van der Waals surface area contributed by atoms with Crippen LogP contribution in [0.15, 0.2) is 30.3 Å². The van der Waals surface area contributed by atoms with Crippen molar-refractivity contribution < 1.29 is 9.59 Å². The van der Waals surface area contributed by atoms with Crippen LogP contribution in [0.5, 0.6) is 0 Å². The summed E-state index contributed by atoms with van der Waals surface area (Å²) in [6.45, 7) is 4.13. The van der Waals surface area contributed by atoms with Crippen LogP contribution < -0.4 is 5.32 Å². The molecule has 2 amide bonds. The number of carbonyl (C=O) groups excluding carboxylic acids is 2. The van der Waals surface area contributed by atoms with Crippen LogP contribution in [-0.4, -0.2) is 28.4 Å². The summed E-state index contributed by atoms with van der Waals surface area (Å²) in [5.41, 5.74) is -0.458. The third kappa shape index (κ3) is 1.94. The van der Waals surface area contributed by atoms with E-state index in [4.69, 9.17) is 12.2 Å². The summed E-state index contributed by atoms with van der Waals surface area (Å²) in [4.78, 5) is 26.5. The molecule has 1 saturated heterocycles. The van der Waals surface area contributed by atoms with Crippen molar-refractivity contribution in [2.24, 2.45) is 0 Å². The van der Waals surface area contributed by atoms with Crippen molar-refractivity contribution in [3.63, 3.8) is 0 Å². The second kappa shape index (κ2) is 5.09. The number of nitrogens with zero attached hydrogens (tertiary/aromatic N) is 1. The third-order valence-electron chi connectivity index (χ3n) is 3.58. The van der Waals surface area contributed by atoms with Crippen molar-refractivity contribution in [3.8, 4) is 0 Å². The van der Waals surface area contributed by atoms with Crippen molar-refractivity contribution in [2.45, 2.75) is 25.7 Å². The largest absolute Gasteiger partial charge is 0.301 e. The molecule has 1 heterocycles. The Morgan fingerprint density at radius 2 is 1.84 bits per heavy atom. The maximum atomic E-state index is 12.7. The first-order valence-electron chi connectivity index (χ1n) is 6.30. The van der Waals surface area contributed by atoms with Gasteiger partial charge in [-0.05, 0) is 31.1 Å². The smallest absolute Gasteiger partial charge is 0.248 e. The molecule has 1 unspecified atom stereocenters. The predicted octanol–water partition coefficient (Wildman–Crippen LogP) is 1.60. The topological polar surface area (TPSA) is 49.4 Å². The zero-order valence-corrected chi connectivity index (χ0v) is 11.8. The monoisotopic (exact) mass is 276 g/mol. The number of benzene rings is 1. The van der Waals surface area contributed by atoms with Crippen molar-refractivity contribution in [3.05, 3.63) is 35.9 Å². The molecule has 0 aliphatic carbocycles. The molecule has 5 heteroatoms. The molecular weight excluding hydrogens is 260 g/mol. The van der Waals surface area contributed by atoms with Gasteiger partial charge in [0, 0.05) is 6.54 Å². The van der Waals surface area contributed by atoms with Gasteiger partial charge in [0.25, 0.3) is 0 Å². The summed E-state index contributed by atoms with van der Waals surface area (Å²) in [7, 11) is 0. The summed E-state index contributed by atoms with van der Waals surface area (Å²) in [5.74, 6) is -0.571. The molecule has 0 saturated carbocycles. The highest BCUT2D eigenvalue weighted by Crippen LogP contribution is 2.33. The van der Waals surface area contributed by atoms with Gasteiger partial charge in [-0.2, -0.15) is 0 Å². The predicted molar refractivity (Wildman–Crippen MR) is 76.5 cm³/mol. The highest BCUT2D eigenvalue weighted by atomic mass is 32.1. The first kappa shape index (κ1) is 13.7. The summed E-state index contributed by atoms with van der Waals surface area (Å²) in [6, 6.07) is 9.14. The molecule has 4 nitrogen and oxygen atoms in total. The summed E-state index contributed by atoms with van der Waals surface area (Å²) in [5, 5.41) is 2.84. The lowest BCUT2D eigenvalue weighted by molar-refractivity contribution is -0.144. The van der Waals surface area contributed by atoms with Crippen LogP contribution in [-0.2, 0) is 15.0 Å². The van der Waals surface area contributed by atoms with E-state index in [0.717, 1.165) is 0 Å². The summed E-state index contributed by atoms with van der Waals surface area (Å²) >= 11 is 5.05. The SMILES string of the molecule is CCN1C(=O)C(CC)(c2ccccc2)C(=O)NC1=S. The highest BCUT2D eigenvalue weighted by molar-refractivity contribution is 7.80. The van der Waals surface area contributed by atoms with E-state index in [0.29, 0.717) is 18.5 Å². The standard InChI is InChI=1S/C14H16N2O2S/c1-3-14(10-8-6-5-7-9-10)11(17)15-13(19)16(4-2)12(14)18/h5-9H,3-4H2,1-2H3,(H,15,17,19). The Morgan fingerprint density at radius 3 is 2.37 bits per heavy atom. The molecule has 1 aromatic carbocycles. The number of carbonyl (C=O) groups is 2. The summed E-state index contributed by atoms with van der Waals surface area (Å²) in [6.07, 6.45) is 0.404. The van der Waals surface area contributed by atoms with Crippen LogP contribution in [0.2, 0.25) is 0 Å². The Labute approximate surface area is 117 Å². The van der Waals surface area contributed by atoms with Crippen molar-refractivity contribution in [1.82, 2.24) is 10.2 Å². The fraction of sp³-hybridized carbons (Fsp3) is 0.357. The normalized spacial score (nSPS) is 23.5. The Kier molecular flexibility index (Phi) is 3.66. The van der Waals surface area contributed by atoms with E-state index >= 15 is 0 Å². The van der Waals surface area contributed by atoms with Crippen LogP contribution in [0, 0.1) is 0 Å². The Bertz CT molecular complexity index is 530. The van der Waals surface area contributed by atoms with E-state index in [2.05, 4.69) is 5.32 Å². The van der Waals surface area contributed by atoms with Crippen molar-refractivity contribution >= 4 is 29.1 Å². The summed E-state index contributed by atoms with van der Waals surface area (Å²) < 4.78 is 0. The van der Waals surface area contributed by atoms with Gasteiger partial charge in [-0.15, -0.1) is 0 Å². The highest BCUT2D eigenvalue weighted by Gasteiger charge is 2.52. The number of hydrogen-bond donors (Lipinski definition) is 1. The van der Waals surface area contributed by atoms with Crippen LogP contribution in [0.1, 0.15) is 25.8 Å². The molecule has 1 aliphatic rings. The number of amides is 2. The number of nitrogens with one attached hydrogen (secondary N) is 1. The molecule has 2 rings (SSSR count). The van der Waals surface area contributed by atoms with E-state index in [9.17, 15) is 9.59 Å². The quantitative estimate of drug-likeness (QED) is 0.674. The lowest BCUT2D eigenvalue weighted by Crippen LogP contribution is -2.65. The zero-order valence-electron chi connectivity index (χ0n) is 11.0. The molecule has 1 atom stereocenters. The molecular formula is C14H16N2O2S. The van der Waals surface area contributed by atoms with Gasteiger partial charge in [0.2, 0.25) is 11.8 Å². The molecule has 0 radical (unpaired) electrons. The van der Waals surface area contributed by atoms with Crippen LogP contribution >= 0.6 is 12.2 Å². The molecule has 19 heavy (non-hydrogen) atoms. The van der Waals surface area contributed by atoms with E-state index in [1.165, 1.54) is 4.90 Å². The number of rotatable bonds is 3. The molecule has 0 spiro atoms. The van der Waals surface area contributed by atoms with E-state index < -0.39 is 5.41 Å². The molecule has 1 fully saturated rings. The molecule has 0 bridgehead atoms. The molecule has 0 aromatic heterocycles. The van der Waals surface area contributed by atoms with Crippen LogP contribution in [0.3, 0.4) is 0 Å². The Morgan fingerprint density at radius 1 is 1.21 bits per heavy atom. The van der Waals surface area contributed by atoms with Gasteiger partial charge in [0.1, 0.15) is 0 Å². The third-order valence-corrected chi connectivity index (χ3v) is 3.90. The fourth-order valence-corrected chi connectivity index (χ4v) is 2.78. The van der Waals surface area contributed by atoms with E-state index in [-0.39, 0.29) is 16.9 Å². The van der Waals surface area contributed by atoms with Gasteiger partial charge in [0.15, 0.2) is 10.5 Å². The van der Waals surface area contributed by atoms with Gasteiger partial charge in [0.05, 0.1) is 0 Å². The molecule has 1 aliphatic heterocycles. The lowest BCUT2D eigenvalue weighted by atomic mass is 9.75. The molecule has 1 aromatic rings. The maximum Gasteiger partial charge on any atom is 0.248 e. The lowest BCUT2D eigenvalue weighted by Gasteiger charge is -2.40. The van der Waals surface area contributed by atoms with Crippen molar-refractivity contribution in [2.75, 3.05) is 6.54 Å². The van der Waals surface area contributed by atoms with Crippen LogP contribution in [0.4, 0.5) is 0 Å². The second-order valence-corrected chi connectivity index (χ2v) is 4.82. The van der Waals surface area contributed by atoms with Gasteiger partial charge in [-0.25, -0.2) is 0 Å². The fourth-order valence-electron chi connectivity index (χ4n) is 2.47. The average molecular weight is 276 g/mol. The second-order valence-electron chi connectivity index (χ2n) is 4.43. The van der Waals surface area contributed by atoms with Gasteiger partial charge in [-0.3, -0.25) is 14.5 Å². The van der Waals surface area contributed by atoms with Gasteiger partial charge in [-0.1, -0.05) is 37.3 Å². The Balaban J connectivity index is 2.57. The van der Waals surface area contributed by atoms with Gasteiger partial charge >= 0.3 is 0 Å².